The van der Waals surface area contributed by atoms with Crippen molar-refractivity contribution in [1.82, 2.24) is 5.32 Å². The quantitative estimate of drug-likeness (QED) is 0.203. The molecule has 1 aliphatic rings. The predicted molar refractivity (Wildman–Crippen MR) is 197 cm³/mol. The first-order valence-corrected chi connectivity index (χ1v) is 16.0. The lowest BCUT2D eigenvalue weighted by Crippen LogP contribution is -2.33. The zero-order chi connectivity index (χ0) is 32.3. The van der Waals surface area contributed by atoms with Crippen LogP contribution in [-0.4, -0.2) is 11.7 Å². The van der Waals surface area contributed by atoms with Gasteiger partial charge in [-0.25, -0.2) is 9.98 Å². The standard InChI is InChI=1S/C44H30N4/c45-29-40-13-7-8-14-41(40)32-19-15-30(16-20-32)36-23-25-39-28-37(24-26-38(39)27-36)31-17-21-35(22-18-31)44-47-42(33-9-3-1-4-10-33)46-43(48-44)34-11-5-2-6-12-34/h1-28,42H,(H,46,47,48). The molecule has 1 unspecified atom stereocenters. The maximum atomic E-state index is 9.50. The molecule has 48 heavy (non-hydrogen) atoms. The fraction of sp³-hybridized carbons (Fsp3) is 0.0227. The van der Waals surface area contributed by atoms with Crippen LogP contribution in [0.25, 0.3) is 44.2 Å². The summed E-state index contributed by atoms with van der Waals surface area (Å²) in [6, 6.07) is 60.7. The van der Waals surface area contributed by atoms with E-state index in [-0.39, 0.29) is 6.17 Å². The van der Waals surface area contributed by atoms with Gasteiger partial charge in [-0.05, 0) is 67.9 Å². The second-order valence-corrected chi connectivity index (χ2v) is 11.8. The SMILES string of the molecule is N#Cc1ccccc1-c1ccc(-c2ccc3cc(-c4ccc(C5=NC(c6ccccc6)NC(c6ccccc6)=N5)cc4)ccc3c2)cc1. The molecular formula is C44H30N4. The smallest absolute Gasteiger partial charge is 0.159 e. The van der Waals surface area contributed by atoms with Gasteiger partial charge in [-0.15, -0.1) is 0 Å². The van der Waals surface area contributed by atoms with Crippen molar-refractivity contribution < 1.29 is 0 Å². The van der Waals surface area contributed by atoms with Crippen LogP contribution >= 0.6 is 0 Å². The molecule has 8 rings (SSSR count). The Morgan fingerprint density at radius 3 is 1.62 bits per heavy atom. The Morgan fingerprint density at radius 2 is 1.00 bits per heavy atom. The third kappa shape index (κ3) is 5.77. The number of hydrogen-bond acceptors (Lipinski definition) is 4. The molecule has 1 atom stereocenters. The molecule has 7 aromatic rings. The third-order valence-electron chi connectivity index (χ3n) is 8.80. The molecule has 1 heterocycles. The van der Waals surface area contributed by atoms with Gasteiger partial charge in [0.2, 0.25) is 0 Å². The summed E-state index contributed by atoms with van der Waals surface area (Å²) in [5.74, 6) is 1.52. The number of hydrogen-bond donors (Lipinski definition) is 1. The first kappa shape index (κ1) is 28.9. The highest BCUT2D eigenvalue weighted by Gasteiger charge is 2.20. The maximum Gasteiger partial charge on any atom is 0.159 e. The van der Waals surface area contributed by atoms with E-state index in [4.69, 9.17) is 9.98 Å². The van der Waals surface area contributed by atoms with Crippen molar-refractivity contribution >= 4 is 22.4 Å². The zero-order valence-corrected chi connectivity index (χ0v) is 26.1. The Bertz CT molecular complexity index is 2350. The average Bonchev–Trinajstić information content (AvgIpc) is 3.18. The first-order valence-electron chi connectivity index (χ1n) is 16.0. The topological polar surface area (TPSA) is 60.5 Å². The van der Waals surface area contributed by atoms with Crippen molar-refractivity contribution in [2.75, 3.05) is 0 Å². The van der Waals surface area contributed by atoms with Gasteiger partial charge in [-0.1, -0.05) is 152 Å². The van der Waals surface area contributed by atoms with Gasteiger partial charge in [-0.2, -0.15) is 5.26 Å². The second kappa shape index (κ2) is 12.7. The molecule has 1 N–H and O–H groups in total. The molecule has 0 aromatic heterocycles. The lowest BCUT2D eigenvalue weighted by molar-refractivity contribution is 0.674. The van der Waals surface area contributed by atoms with Crippen LogP contribution in [0.3, 0.4) is 0 Å². The average molecular weight is 615 g/mol. The molecule has 0 fully saturated rings. The summed E-state index contributed by atoms with van der Waals surface area (Å²) in [6.45, 7) is 0. The predicted octanol–water partition coefficient (Wildman–Crippen LogP) is 10.2. The molecule has 0 radical (unpaired) electrons. The first-order chi connectivity index (χ1) is 23.7. The molecule has 4 heteroatoms. The summed E-state index contributed by atoms with van der Waals surface area (Å²) < 4.78 is 0. The number of amidine groups is 2. The number of aliphatic imine (C=N–C) groups is 2. The summed E-state index contributed by atoms with van der Waals surface area (Å²) in [4.78, 5) is 9.95. The van der Waals surface area contributed by atoms with Crippen LogP contribution in [0.1, 0.15) is 28.4 Å². The van der Waals surface area contributed by atoms with Crippen LogP contribution in [0.15, 0.2) is 180 Å². The largest absolute Gasteiger partial charge is 0.344 e. The third-order valence-corrected chi connectivity index (χ3v) is 8.80. The number of nitrogens with one attached hydrogen (secondary N) is 1. The molecule has 226 valence electrons. The van der Waals surface area contributed by atoms with Crippen LogP contribution in [0, 0.1) is 11.3 Å². The van der Waals surface area contributed by atoms with Gasteiger partial charge in [0.25, 0.3) is 0 Å². The molecule has 0 amide bonds. The molecule has 4 nitrogen and oxygen atoms in total. The Labute approximate surface area is 280 Å². The highest BCUT2D eigenvalue weighted by Crippen LogP contribution is 2.31. The Balaban J connectivity index is 1.05. The van der Waals surface area contributed by atoms with E-state index < -0.39 is 0 Å². The van der Waals surface area contributed by atoms with Crippen molar-refractivity contribution in [1.29, 1.82) is 5.26 Å². The van der Waals surface area contributed by atoms with Gasteiger partial charge >= 0.3 is 0 Å². The van der Waals surface area contributed by atoms with E-state index >= 15 is 0 Å². The minimum Gasteiger partial charge on any atom is -0.344 e. The highest BCUT2D eigenvalue weighted by molar-refractivity contribution is 6.13. The minimum atomic E-state index is -0.225. The van der Waals surface area contributed by atoms with Gasteiger partial charge in [0.1, 0.15) is 12.0 Å². The summed E-state index contributed by atoms with van der Waals surface area (Å²) in [5, 5.41) is 15.4. The minimum absolute atomic E-state index is 0.225. The van der Waals surface area contributed by atoms with E-state index in [1.165, 1.54) is 10.8 Å². The van der Waals surface area contributed by atoms with Crippen molar-refractivity contribution in [3.8, 4) is 39.4 Å². The molecule has 0 saturated carbocycles. The lowest BCUT2D eigenvalue weighted by Gasteiger charge is -2.23. The van der Waals surface area contributed by atoms with Crippen LogP contribution in [0.4, 0.5) is 0 Å². The summed E-state index contributed by atoms with van der Waals surface area (Å²) in [6.07, 6.45) is -0.225. The normalized spacial score (nSPS) is 14.0. The van der Waals surface area contributed by atoms with Crippen molar-refractivity contribution in [2.45, 2.75) is 6.17 Å². The van der Waals surface area contributed by atoms with Gasteiger partial charge in [0.15, 0.2) is 5.84 Å². The van der Waals surface area contributed by atoms with Crippen molar-refractivity contribution in [3.63, 3.8) is 0 Å². The zero-order valence-electron chi connectivity index (χ0n) is 26.1. The Kier molecular flexibility index (Phi) is 7.62. The van der Waals surface area contributed by atoms with E-state index in [0.717, 1.165) is 55.9 Å². The van der Waals surface area contributed by atoms with Crippen molar-refractivity contribution in [3.05, 3.63) is 192 Å². The van der Waals surface area contributed by atoms with Crippen LogP contribution < -0.4 is 5.32 Å². The lowest BCUT2D eigenvalue weighted by atomic mass is 9.95. The molecule has 0 bridgehead atoms. The molecule has 1 aliphatic heterocycles. The summed E-state index contributed by atoms with van der Waals surface area (Å²) in [7, 11) is 0. The van der Waals surface area contributed by atoms with E-state index in [0.29, 0.717) is 11.4 Å². The maximum absolute atomic E-state index is 9.50. The number of fused-ring (bicyclic) bond motifs is 1. The van der Waals surface area contributed by atoms with Crippen molar-refractivity contribution in [2.24, 2.45) is 9.98 Å². The summed E-state index contributed by atoms with van der Waals surface area (Å²) in [5.41, 5.74) is 10.4. The second-order valence-electron chi connectivity index (χ2n) is 11.8. The van der Waals surface area contributed by atoms with Gasteiger partial charge in [0, 0.05) is 11.1 Å². The van der Waals surface area contributed by atoms with E-state index in [2.05, 4.69) is 121 Å². The van der Waals surface area contributed by atoms with Crippen LogP contribution in [-0.2, 0) is 0 Å². The molecular weight excluding hydrogens is 585 g/mol. The fourth-order valence-corrected chi connectivity index (χ4v) is 6.22. The highest BCUT2D eigenvalue weighted by atomic mass is 15.2. The number of rotatable bonds is 6. The summed E-state index contributed by atoms with van der Waals surface area (Å²) >= 11 is 0. The molecule has 0 spiro atoms. The Hall–Kier alpha value is -6.57. The fourth-order valence-electron chi connectivity index (χ4n) is 6.22. The number of nitriles is 1. The monoisotopic (exact) mass is 614 g/mol. The van der Waals surface area contributed by atoms with Gasteiger partial charge in [-0.3, -0.25) is 0 Å². The van der Waals surface area contributed by atoms with Crippen LogP contribution in [0.5, 0.6) is 0 Å². The van der Waals surface area contributed by atoms with E-state index in [1.54, 1.807) is 0 Å². The van der Waals surface area contributed by atoms with E-state index in [1.807, 2.05) is 60.7 Å². The van der Waals surface area contributed by atoms with Crippen LogP contribution in [0.2, 0.25) is 0 Å². The Morgan fingerprint density at radius 1 is 0.479 bits per heavy atom. The molecule has 0 aliphatic carbocycles. The molecule has 0 saturated heterocycles. The van der Waals surface area contributed by atoms with Gasteiger partial charge < -0.3 is 5.32 Å². The number of nitrogens with zero attached hydrogens (tertiary/aromatic N) is 3. The molecule has 7 aromatic carbocycles. The van der Waals surface area contributed by atoms with E-state index in [9.17, 15) is 5.26 Å². The van der Waals surface area contributed by atoms with Gasteiger partial charge in [0.05, 0.1) is 11.6 Å². The number of benzene rings is 7.